The van der Waals surface area contributed by atoms with Crippen molar-refractivity contribution in [1.82, 2.24) is 0 Å². The molecule has 0 spiro atoms. The van der Waals surface area contributed by atoms with Crippen molar-refractivity contribution in [1.29, 1.82) is 0 Å². The molecule has 0 unspecified atom stereocenters. The van der Waals surface area contributed by atoms with Gasteiger partial charge >= 0.3 is 5.97 Å². The predicted molar refractivity (Wildman–Crippen MR) is 90.9 cm³/mol. The van der Waals surface area contributed by atoms with Gasteiger partial charge in [-0.15, -0.1) is 0 Å². The van der Waals surface area contributed by atoms with E-state index in [-0.39, 0.29) is 4.75 Å². The third-order valence-corrected chi connectivity index (χ3v) is 6.02. The maximum Gasteiger partial charge on any atom is 0.303 e. The first-order valence-electron chi connectivity index (χ1n) is 8.68. The lowest BCUT2D eigenvalue weighted by Crippen LogP contribution is -2.38. The molecule has 2 nitrogen and oxygen atoms in total. The summed E-state index contributed by atoms with van der Waals surface area (Å²) in [5.74, 6) is -0.660. The zero-order chi connectivity index (χ0) is 15.2. The molecule has 120 valence electrons. The van der Waals surface area contributed by atoms with E-state index in [2.05, 4.69) is 12.2 Å². The number of rotatable bonds is 10. The van der Waals surface area contributed by atoms with Gasteiger partial charge in [0.15, 0.2) is 0 Å². The zero-order valence-electron chi connectivity index (χ0n) is 13.1. The summed E-state index contributed by atoms with van der Waals surface area (Å²) in [4.78, 5) is 10.4. The summed E-state index contributed by atoms with van der Waals surface area (Å²) >= 11 is 4.78. The number of unbranched alkanes of at least 4 members (excludes halogenated alkanes) is 6. The standard InChI is InChI=1S/C18H30O2S/c19-16(20)8-6-4-2-1-3-5-7-9-17-10-13-18(21,14-11-17)15-12-17/h10,13,21H,1-9,11-12,14-15H2,(H,19,20). The van der Waals surface area contributed by atoms with Gasteiger partial charge in [-0.25, -0.2) is 0 Å². The van der Waals surface area contributed by atoms with E-state index in [1.165, 1.54) is 64.2 Å². The summed E-state index contributed by atoms with van der Waals surface area (Å²) in [5, 5.41) is 8.57. The van der Waals surface area contributed by atoms with Gasteiger partial charge in [0.05, 0.1) is 0 Å². The lowest BCUT2D eigenvalue weighted by molar-refractivity contribution is -0.137. The van der Waals surface area contributed by atoms with E-state index in [9.17, 15) is 4.79 Å². The molecule has 0 atom stereocenters. The van der Waals surface area contributed by atoms with Gasteiger partial charge in [0.1, 0.15) is 0 Å². The molecule has 0 aromatic rings. The van der Waals surface area contributed by atoms with Crippen LogP contribution in [-0.2, 0) is 4.79 Å². The molecule has 3 aliphatic rings. The van der Waals surface area contributed by atoms with Gasteiger partial charge in [-0.2, -0.15) is 12.6 Å². The Hall–Kier alpha value is -0.440. The van der Waals surface area contributed by atoms with Gasteiger partial charge in [0.2, 0.25) is 0 Å². The molecular weight excluding hydrogens is 280 g/mol. The number of fused-ring (bicyclic) bond motifs is 2. The van der Waals surface area contributed by atoms with Gasteiger partial charge in [0, 0.05) is 11.2 Å². The Morgan fingerprint density at radius 2 is 1.48 bits per heavy atom. The van der Waals surface area contributed by atoms with Crippen LogP contribution in [0.25, 0.3) is 0 Å². The van der Waals surface area contributed by atoms with Crippen LogP contribution < -0.4 is 0 Å². The number of hydrogen-bond acceptors (Lipinski definition) is 2. The average molecular weight is 311 g/mol. The van der Waals surface area contributed by atoms with Crippen LogP contribution in [0.2, 0.25) is 0 Å². The Balaban J connectivity index is 1.49. The number of carbonyl (C=O) groups is 1. The van der Waals surface area contributed by atoms with E-state index >= 15 is 0 Å². The van der Waals surface area contributed by atoms with Crippen LogP contribution in [-0.4, -0.2) is 15.8 Å². The van der Waals surface area contributed by atoms with E-state index in [0.717, 1.165) is 12.8 Å². The Morgan fingerprint density at radius 3 is 2.00 bits per heavy atom. The van der Waals surface area contributed by atoms with Crippen molar-refractivity contribution in [3.05, 3.63) is 12.2 Å². The molecule has 0 amide bonds. The second-order valence-corrected chi connectivity index (χ2v) is 8.06. The third-order valence-electron chi connectivity index (χ3n) is 5.42. The molecule has 0 aromatic carbocycles. The van der Waals surface area contributed by atoms with Crippen LogP contribution in [0.4, 0.5) is 0 Å². The number of carboxylic acids is 1. The van der Waals surface area contributed by atoms with E-state index in [4.69, 9.17) is 17.7 Å². The molecule has 1 fully saturated rings. The molecule has 3 heteroatoms. The van der Waals surface area contributed by atoms with Crippen LogP contribution in [0.1, 0.15) is 83.5 Å². The summed E-state index contributed by atoms with van der Waals surface area (Å²) in [6.45, 7) is 0. The third kappa shape index (κ3) is 5.36. The van der Waals surface area contributed by atoms with Gasteiger partial charge in [0.25, 0.3) is 0 Å². The highest BCUT2D eigenvalue weighted by Crippen LogP contribution is 2.52. The number of carboxylic acid groups (broad SMARTS) is 1. The molecule has 1 saturated carbocycles. The minimum Gasteiger partial charge on any atom is -0.481 e. The SMILES string of the molecule is O=C(O)CCCCCCCCCC12C=CC(S)(CC1)CC2. The van der Waals surface area contributed by atoms with Crippen molar-refractivity contribution in [3.8, 4) is 0 Å². The molecule has 21 heavy (non-hydrogen) atoms. The largest absolute Gasteiger partial charge is 0.481 e. The van der Waals surface area contributed by atoms with E-state index in [0.29, 0.717) is 11.8 Å². The number of hydrogen-bond donors (Lipinski definition) is 2. The van der Waals surface area contributed by atoms with Crippen molar-refractivity contribution in [2.24, 2.45) is 5.41 Å². The number of allylic oxidation sites excluding steroid dienone is 1. The first-order chi connectivity index (χ1) is 10.0. The fraction of sp³-hybridized carbons (Fsp3) is 0.833. The Labute approximate surface area is 134 Å². The normalized spacial score (nSPS) is 30.7. The van der Waals surface area contributed by atoms with Gasteiger partial charge in [-0.1, -0.05) is 50.7 Å². The molecule has 2 bridgehead atoms. The molecule has 0 aromatic heterocycles. The lowest BCUT2D eigenvalue weighted by atomic mass is 9.63. The predicted octanol–water partition coefficient (Wildman–Crippen LogP) is 5.38. The highest BCUT2D eigenvalue weighted by molar-refractivity contribution is 7.82. The quantitative estimate of drug-likeness (QED) is 0.323. The lowest BCUT2D eigenvalue weighted by Gasteiger charge is -2.47. The summed E-state index contributed by atoms with van der Waals surface area (Å²) in [6.07, 6.45) is 20.1. The smallest absolute Gasteiger partial charge is 0.303 e. The molecule has 3 aliphatic carbocycles. The molecule has 0 radical (unpaired) electrons. The van der Waals surface area contributed by atoms with Gasteiger partial charge < -0.3 is 5.11 Å². The Kier molecular flexibility index (Phi) is 6.21. The summed E-state index contributed by atoms with van der Waals surface area (Å²) in [5.41, 5.74) is 0.506. The van der Waals surface area contributed by atoms with Crippen molar-refractivity contribution in [3.63, 3.8) is 0 Å². The monoisotopic (exact) mass is 310 g/mol. The molecule has 1 N–H and O–H groups in total. The highest BCUT2D eigenvalue weighted by Gasteiger charge is 2.42. The molecule has 0 aliphatic heterocycles. The molecule has 0 heterocycles. The van der Waals surface area contributed by atoms with Crippen molar-refractivity contribution in [2.45, 2.75) is 88.2 Å². The second kappa shape index (κ2) is 7.71. The highest BCUT2D eigenvalue weighted by atomic mass is 32.1. The fourth-order valence-electron chi connectivity index (χ4n) is 3.82. The number of thiol groups is 1. The van der Waals surface area contributed by atoms with Crippen LogP contribution in [0, 0.1) is 5.41 Å². The average Bonchev–Trinajstić information content (AvgIpc) is 2.47. The van der Waals surface area contributed by atoms with Crippen molar-refractivity contribution < 1.29 is 9.90 Å². The van der Waals surface area contributed by atoms with Crippen LogP contribution in [0.5, 0.6) is 0 Å². The number of aliphatic carboxylic acids is 1. The first-order valence-corrected chi connectivity index (χ1v) is 9.13. The minimum atomic E-state index is -0.660. The Morgan fingerprint density at radius 1 is 0.905 bits per heavy atom. The fourth-order valence-corrected chi connectivity index (χ4v) is 4.11. The molecule has 3 rings (SSSR count). The van der Waals surface area contributed by atoms with E-state index in [1.807, 2.05) is 0 Å². The van der Waals surface area contributed by atoms with Gasteiger partial charge in [-0.05, 0) is 43.9 Å². The maximum absolute atomic E-state index is 10.4. The van der Waals surface area contributed by atoms with Crippen LogP contribution in [0.15, 0.2) is 12.2 Å². The topological polar surface area (TPSA) is 37.3 Å². The van der Waals surface area contributed by atoms with Crippen LogP contribution in [0.3, 0.4) is 0 Å². The van der Waals surface area contributed by atoms with E-state index in [1.54, 1.807) is 0 Å². The van der Waals surface area contributed by atoms with Crippen molar-refractivity contribution in [2.75, 3.05) is 0 Å². The zero-order valence-corrected chi connectivity index (χ0v) is 14.0. The van der Waals surface area contributed by atoms with Gasteiger partial charge in [-0.3, -0.25) is 4.79 Å². The summed E-state index contributed by atoms with van der Waals surface area (Å²) < 4.78 is 0.220. The molecule has 0 saturated heterocycles. The van der Waals surface area contributed by atoms with E-state index < -0.39 is 5.97 Å². The first kappa shape index (κ1) is 16.9. The minimum absolute atomic E-state index is 0.220. The summed E-state index contributed by atoms with van der Waals surface area (Å²) in [7, 11) is 0. The Bertz CT molecular complexity index is 367. The van der Waals surface area contributed by atoms with Crippen LogP contribution >= 0.6 is 12.6 Å². The maximum atomic E-state index is 10.4. The molecular formula is C18H30O2S. The second-order valence-electron chi connectivity index (χ2n) is 7.17. The van der Waals surface area contributed by atoms with Crippen molar-refractivity contribution >= 4 is 18.6 Å². The summed E-state index contributed by atoms with van der Waals surface area (Å²) in [6, 6.07) is 0.